The summed E-state index contributed by atoms with van der Waals surface area (Å²) in [5.41, 5.74) is 0. The van der Waals surface area contributed by atoms with Gasteiger partial charge in [0.15, 0.2) is 0 Å². The first-order valence-corrected chi connectivity index (χ1v) is 6.70. The molecule has 0 spiro atoms. The van der Waals surface area contributed by atoms with E-state index in [0.717, 1.165) is 0 Å². The molecule has 0 aliphatic heterocycles. The second-order valence-corrected chi connectivity index (χ2v) is 8.90. The molecule has 0 N–H and O–H groups in total. The summed E-state index contributed by atoms with van der Waals surface area (Å²) < 4.78 is 0. The molecule has 0 aromatic heterocycles. The number of rotatable bonds is 0. The molecule has 0 rings (SSSR count). The summed E-state index contributed by atoms with van der Waals surface area (Å²) in [4.78, 5) is 0. The van der Waals surface area contributed by atoms with Gasteiger partial charge in [0.05, 0.1) is 0 Å². The molecule has 0 aliphatic rings. The fourth-order valence-corrected chi connectivity index (χ4v) is 0. The van der Waals surface area contributed by atoms with Crippen LogP contribution in [0.4, 0.5) is 0 Å². The van der Waals surface area contributed by atoms with Crippen LogP contribution < -0.4 is 0 Å². The Balaban J connectivity index is 2.32. The number of hydrogen-bond donors (Lipinski definition) is 0. The molecule has 2 heteroatoms. The zero-order chi connectivity index (χ0) is 3.58. The van der Waals surface area contributed by atoms with Crippen LogP contribution in [0.2, 0.25) is 13.1 Å². The van der Waals surface area contributed by atoms with Crippen molar-refractivity contribution < 1.29 is 20.3 Å². The normalized spacial score (nSPS) is 9.25. The van der Waals surface area contributed by atoms with Gasteiger partial charge in [-0.3, -0.25) is 0 Å². The van der Waals surface area contributed by atoms with E-state index in [9.17, 15) is 0 Å². The van der Waals surface area contributed by atoms with E-state index in [1.807, 2.05) is 0 Å². The molecule has 0 aliphatic carbocycles. The van der Waals surface area contributed by atoms with E-state index in [2.05, 4.69) is 33.4 Å². The van der Waals surface area contributed by atoms with E-state index >= 15 is 0 Å². The Hall–Kier alpha value is 0.957. The van der Waals surface area contributed by atoms with Gasteiger partial charge in [-0.05, 0) is 0 Å². The van der Waals surface area contributed by atoms with Crippen LogP contribution in [0.15, 0.2) is 0 Å². The van der Waals surface area contributed by atoms with E-state index < -0.39 is 0 Å². The van der Waals surface area contributed by atoms with E-state index in [1.165, 1.54) is 0 Å². The molecule has 0 aromatic rings. The Morgan fingerprint density at radius 3 is 1.50 bits per heavy atom. The Morgan fingerprint density at radius 1 is 1.50 bits per heavy atom. The third kappa shape index (κ3) is 12.4. The van der Waals surface area contributed by atoms with Crippen molar-refractivity contribution in [2.24, 2.45) is 0 Å². The average molecular weight is 255 g/mol. The third-order valence-corrected chi connectivity index (χ3v) is 0. The summed E-state index contributed by atoms with van der Waals surface area (Å²) >= 11 is 2.60. The Morgan fingerprint density at radius 2 is 1.50 bits per heavy atom. The van der Waals surface area contributed by atoms with Crippen LogP contribution in [0.3, 0.4) is 0 Å². The van der Waals surface area contributed by atoms with Gasteiger partial charge in [-0.15, -0.1) is 0 Å². The Bertz CT molecular complexity index is 10.8. The van der Waals surface area contributed by atoms with Gasteiger partial charge >= 0.3 is 40.0 Å². The summed E-state index contributed by atoms with van der Waals surface area (Å²) in [5, 5.41) is 0. The molecule has 4 heavy (non-hydrogen) atoms. The fourth-order valence-electron chi connectivity index (χ4n) is 0. The van der Waals surface area contributed by atoms with Gasteiger partial charge in [0.25, 0.3) is 0 Å². The standard InChI is InChI=1S/C2H6Si.Au/c1-3-2;/h1-2H3;. The van der Waals surface area contributed by atoms with Crippen molar-refractivity contribution in [3.63, 3.8) is 0 Å². The van der Waals surface area contributed by atoms with E-state index in [-0.39, 0.29) is 6.56 Å². The molecule has 0 amide bonds. The summed E-state index contributed by atoms with van der Waals surface area (Å²) in [6, 6.07) is 0. The molecule has 0 heterocycles. The minimum atomic E-state index is 0.0648. The van der Waals surface area contributed by atoms with Gasteiger partial charge < -0.3 is 0 Å². The molecule has 0 fully saturated rings. The van der Waals surface area contributed by atoms with Crippen molar-refractivity contribution in [3.8, 4) is 0 Å². The van der Waals surface area contributed by atoms with Gasteiger partial charge in [-0.25, -0.2) is 0 Å². The van der Waals surface area contributed by atoms with E-state index in [4.69, 9.17) is 0 Å². The Labute approximate surface area is 40.3 Å². The van der Waals surface area contributed by atoms with Crippen molar-refractivity contribution >= 4 is 6.56 Å². The van der Waals surface area contributed by atoms with Crippen LogP contribution in [0.1, 0.15) is 0 Å². The second-order valence-electron chi connectivity index (χ2n) is 0.802. The zero-order valence-electron chi connectivity index (χ0n) is 2.80. The quantitative estimate of drug-likeness (QED) is 0.561. The molecule has 0 unspecified atom stereocenters. The number of hydrogen-bond acceptors (Lipinski definition) is 0. The van der Waals surface area contributed by atoms with E-state index in [0.29, 0.717) is 0 Å². The predicted molar refractivity (Wildman–Crippen MR) is 17.5 cm³/mol. The minimum absolute atomic E-state index is 0.0648. The third-order valence-electron chi connectivity index (χ3n) is 0. The average Bonchev–Trinajstić information content (AvgIpc) is 0.811. The summed E-state index contributed by atoms with van der Waals surface area (Å²) in [6.07, 6.45) is 0. The molecule has 0 bridgehead atoms. The molecule has 0 saturated heterocycles. The summed E-state index contributed by atoms with van der Waals surface area (Å²) in [7, 11) is 0. The summed E-state index contributed by atoms with van der Waals surface area (Å²) in [5.74, 6) is 0. The Kier molecular flexibility index (Phi) is 2.74. The molecule has 0 nitrogen and oxygen atoms in total. The maximum atomic E-state index is 2.60. The van der Waals surface area contributed by atoms with Crippen LogP contribution in [-0.2, 0) is 20.3 Å². The first-order chi connectivity index (χ1) is 1.73. The molecule has 0 saturated carbocycles. The molecule has 0 atom stereocenters. The van der Waals surface area contributed by atoms with Crippen LogP contribution in [0, 0.1) is 0 Å². The van der Waals surface area contributed by atoms with Gasteiger partial charge in [0.2, 0.25) is 0 Å². The van der Waals surface area contributed by atoms with Gasteiger partial charge in [0, 0.05) is 0 Å². The first-order valence-electron chi connectivity index (χ1n) is 1.15. The van der Waals surface area contributed by atoms with Crippen LogP contribution in [0.5, 0.6) is 0 Å². The SMILES string of the molecule is C[Si](C)[Au]. The zero-order valence-corrected chi connectivity index (χ0v) is 5.97. The van der Waals surface area contributed by atoms with Crippen molar-refractivity contribution in [1.29, 1.82) is 0 Å². The fraction of sp³-hybridized carbons (Fsp3) is 1.00. The summed E-state index contributed by atoms with van der Waals surface area (Å²) in [6.45, 7) is 4.55. The molecular weight excluding hydrogens is 249 g/mol. The molecule has 1 radical (unpaired) electrons. The van der Waals surface area contributed by atoms with Gasteiger partial charge in [-0.1, -0.05) is 0 Å². The van der Waals surface area contributed by atoms with Gasteiger partial charge in [-0.2, -0.15) is 0 Å². The molecular formula is C2H6AuSi. The monoisotopic (exact) mass is 255 g/mol. The second kappa shape index (κ2) is 2.21. The molecule has 0 aromatic carbocycles. The first kappa shape index (κ1) is 4.96. The van der Waals surface area contributed by atoms with E-state index in [1.54, 1.807) is 0 Å². The maximum absolute atomic E-state index is 2.60. The van der Waals surface area contributed by atoms with Crippen molar-refractivity contribution in [2.45, 2.75) is 13.1 Å². The topological polar surface area (TPSA) is 0 Å². The van der Waals surface area contributed by atoms with Crippen LogP contribution in [0.25, 0.3) is 0 Å². The van der Waals surface area contributed by atoms with Crippen molar-refractivity contribution in [3.05, 3.63) is 0 Å². The predicted octanol–water partition coefficient (Wildman–Crippen LogP) is 0.784. The van der Waals surface area contributed by atoms with Crippen LogP contribution >= 0.6 is 0 Å². The van der Waals surface area contributed by atoms with Crippen molar-refractivity contribution in [2.75, 3.05) is 0 Å². The van der Waals surface area contributed by atoms with Gasteiger partial charge in [0.1, 0.15) is 0 Å². The van der Waals surface area contributed by atoms with Crippen LogP contribution in [-0.4, -0.2) is 6.56 Å². The van der Waals surface area contributed by atoms with Crippen molar-refractivity contribution in [1.82, 2.24) is 0 Å². The molecule has 29 valence electrons.